The van der Waals surface area contributed by atoms with Crippen molar-refractivity contribution in [1.82, 2.24) is 0 Å². The van der Waals surface area contributed by atoms with Crippen molar-refractivity contribution < 1.29 is 14.7 Å². The molecule has 0 heterocycles. The summed E-state index contributed by atoms with van der Waals surface area (Å²) in [7, 11) is 0. The molecule has 4 nitrogen and oxygen atoms in total. The van der Waals surface area contributed by atoms with E-state index in [-0.39, 0.29) is 11.3 Å². The van der Waals surface area contributed by atoms with Crippen molar-refractivity contribution >= 4 is 17.9 Å². The van der Waals surface area contributed by atoms with E-state index >= 15 is 0 Å². The van der Waals surface area contributed by atoms with Crippen LogP contribution >= 0.6 is 0 Å². The molecule has 0 radical (unpaired) electrons. The van der Waals surface area contributed by atoms with Crippen molar-refractivity contribution in [2.24, 2.45) is 0 Å². The number of nitrogens with two attached hydrogens (primary N) is 1. The van der Waals surface area contributed by atoms with E-state index in [9.17, 15) is 9.59 Å². The summed E-state index contributed by atoms with van der Waals surface area (Å²) in [6.07, 6.45) is 1.29. The second-order valence-electron chi connectivity index (χ2n) is 2.91. The maximum atomic E-state index is 10.7. The van der Waals surface area contributed by atoms with Crippen molar-refractivity contribution in [3.05, 3.63) is 28.8 Å². The lowest BCUT2D eigenvalue weighted by Crippen LogP contribution is -2.05. The highest BCUT2D eigenvalue weighted by Gasteiger charge is 2.11. The maximum absolute atomic E-state index is 10.7. The van der Waals surface area contributed by atoms with Crippen LogP contribution in [0.15, 0.2) is 12.1 Å². The Labute approximate surface area is 81.3 Å². The summed E-state index contributed by atoms with van der Waals surface area (Å²) in [6, 6.07) is 2.84. The van der Waals surface area contributed by atoms with E-state index in [0.29, 0.717) is 23.8 Å². The molecule has 0 fully saturated rings. The van der Waals surface area contributed by atoms with E-state index in [0.717, 1.165) is 0 Å². The van der Waals surface area contributed by atoms with Crippen LogP contribution in [0.2, 0.25) is 0 Å². The SMILES string of the molecule is CCc1cc(C(=O)O)c(N)cc1C=O. The van der Waals surface area contributed by atoms with Crippen LogP contribution in [0.3, 0.4) is 0 Å². The highest BCUT2D eigenvalue weighted by Crippen LogP contribution is 2.18. The molecule has 0 spiro atoms. The highest BCUT2D eigenvalue weighted by molar-refractivity contribution is 5.95. The molecule has 0 saturated heterocycles. The molecular weight excluding hydrogens is 182 g/mol. The fraction of sp³-hybridized carbons (Fsp3) is 0.200. The average molecular weight is 193 g/mol. The summed E-state index contributed by atoms with van der Waals surface area (Å²) in [5.74, 6) is -1.07. The van der Waals surface area contributed by atoms with Gasteiger partial charge < -0.3 is 10.8 Å². The van der Waals surface area contributed by atoms with Crippen LogP contribution in [-0.2, 0) is 6.42 Å². The molecule has 0 aliphatic rings. The van der Waals surface area contributed by atoms with Crippen LogP contribution in [0, 0.1) is 0 Å². The Hall–Kier alpha value is -1.84. The summed E-state index contributed by atoms with van der Waals surface area (Å²) in [5.41, 5.74) is 6.81. The number of carboxylic acids is 1. The fourth-order valence-electron chi connectivity index (χ4n) is 1.28. The van der Waals surface area contributed by atoms with Crippen LogP contribution in [0.5, 0.6) is 0 Å². The molecule has 14 heavy (non-hydrogen) atoms. The summed E-state index contributed by atoms with van der Waals surface area (Å²) in [5, 5.41) is 8.78. The van der Waals surface area contributed by atoms with Crippen LogP contribution in [0.4, 0.5) is 5.69 Å². The van der Waals surface area contributed by atoms with Gasteiger partial charge >= 0.3 is 5.97 Å². The molecule has 3 N–H and O–H groups in total. The molecular formula is C10H11NO3. The standard InChI is InChI=1S/C10H11NO3/c1-2-6-3-8(10(13)14)9(11)4-7(6)5-12/h3-5H,2,11H2,1H3,(H,13,14). The first-order valence-electron chi connectivity index (χ1n) is 4.21. The molecule has 1 aromatic carbocycles. The molecule has 1 aromatic rings. The van der Waals surface area contributed by atoms with Gasteiger partial charge in [0, 0.05) is 11.3 Å². The van der Waals surface area contributed by atoms with Gasteiger partial charge in [0.05, 0.1) is 5.56 Å². The molecule has 0 aliphatic carbocycles. The van der Waals surface area contributed by atoms with Gasteiger partial charge in [-0.3, -0.25) is 4.79 Å². The number of benzene rings is 1. The molecule has 0 bridgehead atoms. The molecule has 0 aliphatic heterocycles. The normalized spacial score (nSPS) is 9.79. The number of carbonyl (C=O) groups is 2. The second-order valence-corrected chi connectivity index (χ2v) is 2.91. The predicted molar refractivity (Wildman–Crippen MR) is 52.6 cm³/mol. The van der Waals surface area contributed by atoms with Gasteiger partial charge in [-0.2, -0.15) is 0 Å². The van der Waals surface area contributed by atoms with Crippen LogP contribution < -0.4 is 5.73 Å². The van der Waals surface area contributed by atoms with E-state index in [4.69, 9.17) is 10.8 Å². The first-order valence-corrected chi connectivity index (χ1v) is 4.21. The van der Waals surface area contributed by atoms with E-state index < -0.39 is 5.97 Å². The number of aromatic carboxylic acids is 1. The fourth-order valence-corrected chi connectivity index (χ4v) is 1.28. The van der Waals surface area contributed by atoms with Crippen molar-refractivity contribution in [3.63, 3.8) is 0 Å². The summed E-state index contributed by atoms with van der Waals surface area (Å²) in [6.45, 7) is 1.85. The topological polar surface area (TPSA) is 80.4 Å². The van der Waals surface area contributed by atoms with Crippen molar-refractivity contribution in [2.45, 2.75) is 13.3 Å². The molecule has 74 valence electrons. The van der Waals surface area contributed by atoms with E-state index in [1.54, 1.807) is 0 Å². The lowest BCUT2D eigenvalue weighted by Gasteiger charge is -2.06. The summed E-state index contributed by atoms with van der Waals surface area (Å²) >= 11 is 0. The van der Waals surface area contributed by atoms with Gasteiger partial charge in [-0.1, -0.05) is 6.92 Å². The molecule has 1 rings (SSSR count). The largest absolute Gasteiger partial charge is 0.478 e. The van der Waals surface area contributed by atoms with Gasteiger partial charge in [-0.15, -0.1) is 0 Å². The lowest BCUT2D eigenvalue weighted by molar-refractivity contribution is 0.0697. The molecule has 4 heteroatoms. The zero-order valence-corrected chi connectivity index (χ0v) is 7.78. The molecule has 0 saturated carbocycles. The number of aldehydes is 1. The van der Waals surface area contributed by atoms with Gasteiger partial charge in [0.2, 0.25) is 0 Å². The number of rotatable bonds is 3. The van der Waals surface area contributed by atoms with E-state index in [2.05, 4.69) is 0 Å². The predicted octanol–water partition coefficient (Wildman–Crippen LogP) is 1.34. The number of anilines is 1. The zero-order valence-electron chi connectivity index (χ0n) is 7.78. The van der Waals surface area contributed by atoms with Gasteiger partial charge in [0.1, 0.15) is 6.29 Å². The Balaban J connectivity index is 3.37. The highest BCUT2D eigenvalue weighted by atomic mass is 16.4. The first kappa shape index (κ1) is 10.2. The summed E-state index contributed by atoms with van der Waals surface area (Å²) in [4.78, 5) is 21.3. The lowest BCUT2D eigenvalue weighted by atomic mass is 10.0. The summed E-state index contributed by atoms with van der Waals surface area (Å²) < 4.78 is 0. The van der Waals surface area contributed by atoms with E-state index in [1.165, 1.54) is 12.1 Å². The Kier molecular flexibility index (Phi) is 2.86. The minimum absolute atomic E-state index is 0.0486. The number of carboxylic acid groups (broad SMARTS) is 1. The Bertz CT molecular complexity index is 385. The Morgan fingerprint density at radius 3 is 2.64 bits per heavy atom. The van der Waals surface area contributed by atoms with Crippen molar-refractivity contribution in [1.29, 1.82) is 0 Å². The number of hydrogen-bond donors (Lipinski definition) is 2. The number of aryl methyl sites for hydroxylation is 1. The Morgan fingerprint density at radius 1 is 1.57 bits per heavy atom. The monoisotopic (exact) mass is 193 g/mol. The zero-order chi connectivity index (χ0) is 10.7. The number of nitrogen functional groups attached to an aromatic ring is 1. The van der Waals surface area contributed by atoms with Crippen LogP contribution in [-0.4, -0.2) is 17.4 Å². The van der Waals surface area contributed by atoms with Gasteiger partial charge in [-0.25, -0.2) is 4.79 Å². The smallest absolute Gasteiger partial charge is 0.337 e. The quantitative estimate of drug-likeness (QED) is 0.560. The van der Waals surface area contributed by atoms with Gasteiger partial charge in [0.15, 0.2) is 0 Å². The second kappa shape index (κ2) is 3.91. The maximum Gasteiger partial charge on any atom is 0.337 e. The first-order chi connectivity index (χ1) is 6.60. The van der Waals surface area contributed by atoms with Crippen molar-refractivity contribution in [3.8, 4) is 0 Å². The third-order valence-electron chi connectivity index (χ3n) is 2.05. The molecule has 0 unspecified atom stereocenters. The minimum atomic E-state index is -1.07. The number of hydrogen-bond acceptors (Lipinski definition) is 3. The molecule has 0 amide bonds. The molecule has 0 aromatic heterocycles. The average Bonchev–Trinajstić information content (AvgIpc) is 2.16. The minimum Gasteiger partial charge on any atom is -0.478 e. The van der Waals surface area contributed by atoms with Crippen molar-refractivity contribution in [2.75, 3.05) is 5.73 Å². The van der Waals surface area contributed by atoms with E-state index in [1.807, 2.05) is 6.92 Å². The van der Waals surface area contributed by atoms with Gasteiger partial charge in [0.25, 0.3) is 0 Å². The third-order valence-corrected chi connectivity index (χ3v) is 2.05. The Morgan fingerprint density at radius 2 is 2.21 bits per heavy atom. The third kappa shape index (κ3) is 1.74. The van der Waals surface area contributed by atoms with Crippen LogP contribution in [0.1, 0.15) is 33.2 Å². The molecule has 0 atom stereocenters. The van der Waals surface area contributed by atoms with Gasteiger partial charge in [-0.05, 0) is 24.1 Å². The number of carbonyl (C=O) groups excluding carboxylic acids is 1. The van der Waals surface area contributed by atoms with Crippen LogP contribution in [0.25, 0.3) is 0 Å².